The molecule has 1 saturated heterocycles. The minimum Gasteiger partial charge on any atom is -0.388 e. The van der Waals surface area contributed by atoms with Gasteiger partial charge in [0, 0.05) is 7.11 Å². The second-order valence-electron chi connectivity index (χ2n) is 3.26. The first-order chi connectivity index (χ1) is 6.85. The normalized spacial score (nSPS) is 37.9. The van der Waals surface area contributed by atoms with Gasteiger partial charge < -0.3 is 19.7 Å². The summed E-state index contributed by atoms with van der Waals surface area (Å²) in [5.41, 5.74) is 0. The van der Waals surface area contributed by atoms with Gasteiger partial charge in [0.25, 0.3) is 10.1 Å². The van der Waals surface area contributed by atoms with Crippen molar-refractivity contribution in [3.63, 3.8) is 0 Å². The lowest BCUT2D eigenvalue weighted by Crippen LogP contribution is -2.55. The zero-order valence-electron chi connectivity index (χ0n) is 8.36. The predicted octanol–water partition coefficient (Wildman–Crippen LogP) is -1.94. The van der Waals surface area contributed by atoms with E-state index in [9.17, 15) is 18.6 Å². The van der Waals surface area contributed by atoms with Gasteiger partial charge in [-0.25, -0.2) is 0 Å². The summed E-state index contributed by atoms with van der Waals surface area (Å²) in [6.45, 7) is -0.136. The van der Waals surface area contributed by atoms with Crippen LogP contribution in [0.4, 0.5) is 0 Å². The Kier molecular flexibility index (Phi) is 4.04. The van der Waals surface area contributed by atoms with Gasteiger partial charge in [-0.3, -0.25) is 4.18 Å². The van der Waals surface area contributed by atoms with Crippen LogP contribution in [0.15, 0.2) is 0 Å². The molecular formula is C7H14O7S. The zero-order valence-corrected chi connectivity index (χ0v) is 9.18. The third-order valence-corrected chi connectivity index (χ3v) is 2.52. The number of aliphatic hydroxyl groups is 2. The first-order valence-electron chi connectivity index (χ1n) is 4.24. The Bertz CT molecular complexity index is 298. The Balaban J connectivity index is 2.78. The molecule has 0 bridgehead atoms. The van der Waals surface area contributed by atoms with Gasteiger partial charge >= 0.3 is 0 Å². The van der Waals surface area contributed by atoms with E-state index >= 15 is 0 Å². The SMILES string of the molecule is CO[C@H]1OC[C@@H](O)[C@@H](O)[C@H]1OS(C)(=O)=O. The molecule has 7 nitrogen and oxygen atoms in total. The average Bonchev–Trinajstić information content (AvgIpc) is 2.11. The van der Waals surface area contributed by atoms with Gasteiger partial charge in [-0.2, -0.15) is 8.42 Å². The van der Waals surface area contributed by atoms with Crippen LogP contribution in [-0.2, 0) is 23.8 Å². The van der Waals surface area contributed by atoms with Crippen LogP contribution in [-0.4, -0.2) is 63.2 Å². The lowest BCUT2D eigenvalue weighted by atomic mass is 10.1. The molecule has 15 heavy (non-hydrogen) atoms. The molecule has 1 aliphatic heterocycles. The maximum absolute atomic E-state index is 10.9. The maximum Gasteiger partial charge on any atom is 0.264 e. The minimum absolute atomic E-state index is 0.136. The van der Waals surface area contributed by atoms with E-state index in [1.807, 2.05) is 0 Å². The minimum atomic E-state index is -3.75. The third-order valence-electron chi connectivity index (χ3n) is 1.95. The molecule has 90 valence electrons. The number of methoxy groups -OCH3 is 1. The third kappa shape index (κ3) is 3.37. The molecule has 0 spiro atoms. The molecule has 0 saturated carbocycles. The van der Waals surface area contributed by atoms with E-state index in [-0.39, 0.29) is 6.61 Å². The van der Waals surface area contributed by atoms with Crippen LogP contribution >= 0.6 is 0 Å². The second-order valence-corrected chi connectivity index (χ2v) is 4.86. The van der Waals surface area contributed by atoms with Crippen LogP contribution in [0.5, 0.6) is 0 Å². The summed E-state index contributed by atoms with van der Waals surface area (Å²) in [4.78, 5) is 0. The van der Waals surface area contributed by atoms with Crippen LogP contribution < -0.4 is 0 Å². The van der Waals surface area contributed by atoms with Crippen LogP contribution in [0.2, 0.25) is 0 Å². The fraction of sp³-hybridized carbons (Fsp3) is 1.00. The average molecular weight is 242 g/mol. The molecule has 0 aromatic carbocycles. The number of aliphatic hydroxyl groups excluding tert-OH is 2. The van der Waals surface area contributed by atoms with Crippen molar-refractivity contribution >= 4 is 10.1 Å². The highest BCUT2D eigenvalue weighted by Crippen LogP contribution is 2.20. The Morgan fingerprint density at radius 2 is 2.00 bits per heavy atom. The van der Waals surface area contributed by atoms with E-state index < -0.39 is 34.7 Å². The number of rotatable bonds is 3. The van der Waals surface area contributed by atoms with Crippen LogP contribution in [0, 0.1) is 0 Å². The monoisotopic (exact) mass is 242 g/mol. The smallest absolute Gasteiger partial charge is 0.264 e. The molecule has 1 aliphatic rings. The van der Waals surface area contributed by atoms with Crippen molar-refractivity contribution in [2.75, 3.05) is 20.0 Å². The Morgan fingerprint density at radius 3 is 2.47 bits per heavy atom. The molecule has 0 aromatic rings. The quantitative estimate of drug-likeness (QED) is 0.555. The molecule has 0 unspecified atom stereocenters. The first kappa shape index (κ1) is 12.8. The summed E-state index contributed by atoms with van der Waals surface area (Å²) in [5.74, 6) is 0. The lowest BCUT2D eigenvalue weighted by Gasteiger charge is -2.36. The Morgan fingerprint density at radius 1 is 1.40 bits per heavy atom. The van der Waals surface area contributed by atoms with E-state index in [2.05, 4.69) is 4.18 Å². The highest BCUT2D eigenvalue weighted by atomic mass is 32.2. The Hall–Kier alpha value is -0.250. The van der Waals surface area contributed by atoms with E-state index in [0.717, 1.165) is 6.26 Å². The van der Waals surface area contributed by atoms with Crippen molar-refractivity contribution in [3.05, 3.63) is 0 Å². The molecule has 1 fully saturated rings. The lowest BCUT2D eigenvalue weighted by molar-refractivity contribution is -0.253. The van der Waals surface area contributed by atoms with E-state index in [1.54, 1.807) is 0 Å². The first-order valence-corrected chi connectivity index (χ1v) is 6.05. The summed E-state index contributed by atoms with van der Waals surface area (Å²) >= 11 is 0. The van der Waals surface area contributed by atoms with Crippen molar-refractivity contribution in [1.29, 1.82) is 0 Å². The van der Waals surface area contributed by atoms with Crippen LogP contribution in [0.3, 0.4) is 0 Å². The number of hydrogen-bond acceptors (Lipinski definition) is 7. The topological polar surface area (TPSA) is 102 Å². The number of ether oxygens (including phenoxy) is 2. The fourth-order valence-corrected chi connectivity index (χ4v) is 1.88. The zero-order chi connectivity index (χ0) is 11.6. The number of hydrogen-bond donors (Lipinski definition) is 2. The van der Waals surface area contributed by atoms with Crippen LogP contribution in [0.25, 0.3) is 0 Å². The van der Waals surface area contributed by atoms with Crippen molar-refractivity contribution < 1.29 is 32.3 Å². The van der Waals surface area contributed by atoms with Crippen LogP contribution in [0.1, 0.15) is 0 Å². The molecule has 4 atom stereocenters. The van der Waals surface area contributed by atoms with Crippen molar-refractivity contribution in [2.45, 2.75) is 24.6 Å². The van der Waals surface area contributed by atoms with Crippen molar-refractivity contribution in [2.24, 2.45) is 0 Å². The molecule has 8 heteroatoms. The molecule has 1 rings (SSSR count). The van der Waals surface area contributed by atoms with Gasteiger partial charge in [-0.1, -0.05) is 0 Å². The van der Waals surface area contributed by atoms with Gasteiger partial charge in [0.05, 0.1) is 12.9 Å². The molecule has 0 aliphatic carbocycles. The van der Waals surface area contributed by atoms with Gasteiger partial charge in [0.1, 0.15) is 12.2 Å². The van der Waals surface area contributed by atoms with Crippen molar-refractivity contribution in [3.8, 4) is 0 Å². The summed E-state index contributed by atoms with van der Waals surface area (Å²) in [6, 6.07) is 0. The van der Waals surface area contributed by atoms with Gasteiger partial charge in [0.15, 0.2) is 12.4 Å². The van der Waals surface area contributed by atoms with Crippen molar-refractivity contribution in [1.82, 2.24) is 0 Å². The fourth-order valence-electron chi connectivity index (χ4n) is 1.27. The summed E-state index contributed by atoms with van der Waals surface area (Å²) in [5, 5.41) is 18.8. The maximum atomic E-state index is 10.9. The van der Waals surface area contributed by atoms with Gasteiger partial charge in [-0.15, -0.1) is 0 Å². The van der Waals surface area contributed by atoms with E-state index in [0.29, 0.717) is 0 Å². The summed E-state index contributed by atoms with van der Waals surface area (Å²) in [7, 11) is -2.47. The van der Waals surface area contributed by atoms with E-state index in [1.165, 1.54) is 7.11 Å². The molecule has 0 aromatic heterocycles. The standard InChI is InChI=1S/C7H14O7S/c1-12-7-6(14-15(2,10)11)5(9)4(8)3-13-7/h4-9H,3H2,1-2H3/t4-,5-,6-,7+/m1/s1. The highest BCUT2D eigenvalue weighted by Gasteiger charge is 2.41. The molecule has 0 radical (unpaired) electrons. The van der Waals surface area contributed by atoms with Gasteiger partial charge in [-0.05, 0) is 0 Å². The second kappa shape index (κ2) is 4.73. The summed E-state index contributed by atoms with van der Waals surface area (Å²) < 4.78 is 36.1. The largest absolute Gasteiger partial charge is 0.388 e. The Labute approximate surface area is 87.7 Å². The van der Waals surface area contributed by atoms with E-state index in [4.69, 9.17) is 9.47 Å². The molecular weight excluding hydrogens is 228 g/mol. The predicted molar refractivity (Wildman–Crippen MR) is 48.5 cm³/mol. The molecule has 2 N–H and O–H groups in total. The summed E-state index contributed by atoms with van der Waals surface area (Å²) in [6.07, 6.45) is -3.98. The molecule has 1 heterocycles. The van der Waals surface area contributed by atoms with Gasteiger partial charge in [0.2, 0.25) is 0 Å². The highest BCUT2D eigenvalue weighted by molar-refractivity contribution is 7.86. The molecule has 0 amide bonds.